The number of fused-ring (bicyclic) bond motifs is 3. The maximum atomic E-state index is 12.0. The van der Waals surface area contributed by atoms with E-state index in [0.717, 1.165) is 32.9 Å². The largest absolute Gasteiger partial charge is 0.392 e. The summed E-state index contributed by atoms with van der Waals surface area (Å²) in [5.74, 6) is -0.496. The fourth-order valence-electron chi connectivity index (χ4n) is 3.39. The van der Waals surface area contributed by atoms with Gasteiger partial charge in [-0.1, -0.05) is 35.3 Å². The van der Waals surface area contributed by atoms with E-state index in [0.29, 0.717) is 22.2 Å². The number of nitrogens with zero attached hydrogens (tertiary/aromatic N) is 1. The smallest absolute Gasteiger partial charge is 0.249 e. The lowest BCUT2D eigenvalue weighted by atomic mass is 10.0. The molecule has 1 amide bonds. The highest BCUT2D eigenvalue weighted by Crippen LogP contribution is 2.33. The Hall–Kier alpha value is -2.53. The van der Waals surface area contributed by atoms with Crippen LogP contribution in [-0.4, -0.2) is 15.6 Å². The normalized spacial score (nSPS) is 11.4. The average molecular weight is 398 g/mol. The molecular formula is C21H15Cl2N2O2. The van der Waals surface area contributed by atoms with Crippen LogP contribution in [0.1, 0.15) is 21.5 Å². The predicted molar refractivity (Wildman–Crippen MR) is 108 cm³/mol. The van der Waals surface area contributed by atoms with E-state index in [1.54, 1.807) is 30.3 Å². The number of nitrogens with two attached hydrogens (primary N) is 1. The lowest BCUT2D eigenvalue weighted by Crippen LogP contribution is -2.11. The van der Waals surface area contributed by atoms with Crippen molar-refractivity contribution in [1.29, 1.82) is 0 Å². The number of benzene rings is 3. The minimum atomic E-state index is -0.496. The quantitative estimate of drug-likeness (QED) is 0.530. The summed E-state index contributed by atoms with van der Waals surface area (Å²) in [6.45, 7) is 0.374. The van der Waals surface area contributed by atoms with Crippen molar-refractivity contribution >= 4 is 50.9 Å². The number of hydrogen-bond donors (Lipinski definition) is 2. The van der Waals surface area contributed by atoms with Crippen LogP contribution < -0.4 is 5.73 Å². The summed E-state index contributed by atoms with van der Waals surface area (Å²) in [7, 11) is 0. The zero-order valence-electron chi connectivity index (χ0n) is 14.2. The van der Waals surface area contributed by atoms with Gasteiger partial charge in [-0.15, -0.1) is 0 Å². The van der Waals surface area contributed by atoms with Gasteiger partial charge in [0.15, 0.2) is 0 Å². The van der Waals surface area contributed by atoms with Crippen LogP contribution in [0, 0.1) is 6.07 Å². The minimum Gasteiger partial charge on any atom is -0.392 e. The molecule has 3 N–H and O–H groups in total. The van der Waals surface area contributed by atoms with Gasteiger partial charge >= 0.3 is 0 Å². The van der Waals surface area contributed by atoms with E-state index in [1.165, 1.54) is 0 Å². The molecule has 4 nitrogen and oxygen atoms in total. The first-order valence-electron chi connectivity index (χ1n) is 8.29. The van der Waals surface area contributed by atoms with Gasteiger partial charge in [0.05, 0.1) is 17.6 Å². The van der Waals surface area contributed by atoms with Crippen molar-refractivity contribution in [2.45, 2.75) is 13.2 Å². The average Bonchev–Trinajstić information content (AvgIpc) is 2.97. The molecule has 0 atom stereocenters. The molecule has 0 aliphatic heterocycles. The number of halogens is 2. The van der Waals surface area contributed by atoms with E-state index in [4.69, 9.17) is 28.9 Å². The standard InChI is InChI=1S/C21H15Cl2N2O2/c22-14-6-5-13(17(23)9-14)10-25-18-3-1-2-16(21(24)27)20(18)15-7-4-12(11-26)8-19(15)25/h1-6,8-9,26H,10-11H2,(H2,24,27). The molecule has 135 valence electrons. The molecule has 0 spiro atoms. The molecule has 1 radical (unpaired) electrons. The van der Waals surface area contributed by atoms with Crippen LogP contribution in [0.25, 0.3) is 21.8 Å². The molecule has 0 saturated heterocycles. The third-order valence-electron chi connectivity index (χ3n) is 4.65. The summed E-state index contributed by atoms with van der Waals surface area (Å²) in [6, 6.07) is 17.6. The summed E-state index contributed by atoms with van der Waals surface area (Å²) in [6.07, 6.45) is 0. The van der Waals surface area contributed by atoms with Gasteiger partial charge < -0.3 is 15.4 Å². The van der Waals surface area contributed by atoms with Crippen LogP contribution in [0.5, 0.6) is 0 Å². The highest BCUT2D eigenvalue weighted by molar-refractivity contribution is 6.35. The predicted octanol–water partition coefficient (Wildman–Crippen LogP) is 4.54. The van der Waals surface area contributed by atoms with Crippen LogP contribution in [0.4, 0.5) is 0 Å². The number of aromatic nitrogens is 1. The summed E-state index contributed by atoms with van der Waals surface area (Å²) in [4.78, 5) is 12.0. The molecule has 0 aliphatic rings. The monoisotopic (exact) mass is 397 g/mol. The molecule has 0 fully saturated rings. The van der Waals surface area contributed by atoms with Crippen LogP contribution >= 0.6 is 23.2 Å². The van der Waals surface area contributed by atoms with Gasteiger partial charge in [-0.2, -0.15) is 0 Å². The highest BCUT2D eigenvalue weighted by atomic mass is 35.5. The topological polar surface area (TPSA) is 68.2 Å². The number of carbonyl (C=O) groups excluding carboxylic acids is 1. The van der Waals surface area contributed by atoms with Crippen molar-refractivity contribution in [1.82, 2.24) is 4.57 Å². The molecule has 6 heteroatoms. The molecule has 0 aliphatic carbocycles. The zero-order valence-corrected chi connectivity index (χ0v) is 15.7. The van der Waals surface area contributed by atoms with Crippen molar-refractivity contribution in [3.63, 3.8) is 0 Å². The van der Waals surface area contributed by atoms with E-state index >= 15 is 0 Å². The number of carbonyl (C=O) groups is 1. The fourth-order valence-corrected chi connectivity index (χ4v) is 3.85. The molecule has 4 aromatic rings. The number of primary amides is 1. The molecular weight excluding hydrogens is 383 g/mol. The Morgan fingerprint density at radius 2 is 1.96 bits per heavy atom. The Kier molecular flexibility index (Phi) is 4.56. The second-order valence-corrected chi connectivity index (χ2v) is 7.16. The molecule has 0 saturated carbocycles. The second kappa shape index (κ2) is 6.89. The van der Waals surface area contributed by atoms with Gasteiger partial charge in [-0.3, -0.25) is 4.79 Å². The first-order chi connectivity index (χ1) is 13.0. The first kappa shape index (κ1) is 17.9. The lowest BCUT2D eigenvalue weighted by molar-refractivity contribution is 0.100. The van der Waals surface area contributed by atoms with E-state index in [1.807, 2.05) is 22.8 Å². The number of rotatable bonds is 4. The molecule has 4 rings (SSSR count). The number of aliphatic hydroxyl groups excluding tert-OH is 1. The second-order valence-electron chi connectivity index (χ2n) is 6.31. The maximum Gasteiger partial charge on any atom is 0.249 e. The van der Waals surface area contributed by atoms with Gasteiger partial charge in [0, 0.05) is 32.9 Å². The Morgan fingerprint density at radius 3 is 2.67 bits per heavy atom. The fraction of sp³-hybridized carbons (Fsp3) is 0.0952. The Bertz CT molecular complexity index is 1200. The van der Waals surface area contributed by atoms with Crippen molar-refractivity contribution in [3.05, 3.63) is 81.3 Å². The van der Waals surface area contributed by atoms with Crippen molar-refractivity contribution in [3.8, 4) is 0 Å². The first-order valence-corrected chi connectivity index (χ1v) is 9.05. The zero-order chi connectivity index (χ0) is 19.1. The van der Waals surface area contributed by atoms with Crippen LogP contribution in [0.3, 0.4) is 0 Å². The van der Waals surface area contributed by atoms with Gasteiger partial charge in [0.1, 0.15) is 0 Å². The third-order valence-corrected chi connectivity index (χ3v) is 5.23. The highest BCUT2D eigenvalue weighted by Gasteiger charge is 2.17. The van der Waals surface area contributed by atoms with Crippen LogP contribution in [0.15, 0.2) is 48.5 Å². The molecule has 27 heavy (non-hydrogen) atoms. The van der Waals surface area contributed by atoms with Crippen LogP contribution in [-0.2, 0) is 13.2 Å². The van der Waals surface area contributed by atoms with Crippen molar-refractivity contribution < 1.29 is 9.90 Å². The SMILES string of the molecule is NC(=O)c1cccc2c1c1[c]cc(CO)cc1n2Cc1ccc(Cl)cc1Cl. The maximum absolute atomic E-state index is 12.0. The van der Waals surface area contributed by atoms with Gasteiger partial charge in [-0.05, 0) is 53.6 Å². The molecule has 3 aromatic carbocycles. The van der Waals surface area contributed by atoms with Crippen molar-refractivity contribution in [2.24, 2.45) is 5.73 Å². The summed E-state index contributed by atoms with van der Waals surface area (Å²) >= 11 is 12.4. The Labute approximate surface area is 165 Å². The minimum absolute atomic E-state index is 0.0989. The van der Waals surface area contributed by atoms with Gasteiger partial charge in [0.25, 0.3) is 0 Å². The van der Waals surface area contributed by atoms with Gasteiger partial charge in [-0.25, -0.2) is 0 Å². The lowest BCUT2D eigenvalue weighted by Gasteiger charge is -2.10. The molecule has 0 unspecified atom stereocenters. The van der Waals surface area contributed by atoms with Gasteiger partial charge in [0.2, 0.25) is 5.91 Å². The summed E-state index contributed by atoms with van der Waals surface area (Å²) < 4.78 is 2.04. The van der Waals surface area contributed by atoms with E-state index < -0.39 is 5.91 Å². The van der Waals surface area contributed by atoms with E-state index in [9.17, 15) is 9.90 Å². The summed E-state index contributed by atoms with van der Waals surface area (Å²) in [5, 5.41) is 12.2. The Balaban J connectivity index is 2.04. The molecule has 0 bridgehead atoms. The number of amides is 1. The van der Waals surface area contributed by atoms with E-state index in [2.05, 4.69) is 6.07 Å². The van der Waals surface area contributed by atoms with E-state index in [-0.39, 0.29) is 6.61 Å². The van der Waals surface area contributed by atoms with Crippen molar-refractivity contribution in [2.75, 3.05) is 0 Å². The molecule has 1 aromatic heterocycles. The third kappa shape index (κ3) is 3.06. The van der Waals surface area contributed by atoms with Crippen LogP contribution in [0.2, 0.25) is 10.0 Å². The number of aliphatic hydroxyl groups is 1. The summed E-state index contributed by atoms with van der Waals surface area (Å²) in [5.41, 5.74) is 9.34. The molecule has 1 heterocycles. The number of hydrogen-bond acceptors (Lipinski definition) is 2. The Morgan fingerprint density at radius 1 is 1.15 bits per heavy atom.